The van der Waals surface area contributed by atoms with E-state index in [1.165, 1.54) is 5.56 Å². The minimum Gasteiger partial charge on any atom is -0.396 e. The number of hydrogen-bond donors (Lipinski definition) is 4. The molecule has 0 fully saturated rings. The zero-order valence-corrected chi connectivity index (χ0v) is 15.1. The number of amides is 2. The van der Waals surface area contributed by atoms with Crippen molar-refractivity contribution < 1.29 is 14.7 Å². The average molecular weight is 355 g/mol. The summed E-state index contributed by atoms with van der Waals surface area (Å²) >= 11 is 0. The number of aliphatic hydroxyl groups excluding tert-OH is 1. The fourth-order valence-corrected chi connectivity index (χ4v) is 2.48. The molecule has 2 amide bonds. The molecule has 2 aromatic carbocycles. The molecule has 6 nitrogen and oxygen atoms in total. The van der Waals surface area contributed by atoms with E-state index in [2.05, 4.69) is 22.0 Å². The first-order valence-corrected chi connectivity index (χ1v) is 8.59. The molecule has 0 unspecified atom stereocenters. The van der Waals surface area contributed by atoms with Crippen LogP contribution >= 0.6 is 0 Å². The van der Waals surface area contributed by atoms with Gasteiger partial charge in [-0.15, -0.1) is 0 Å². The molecule has 0 atom stereocenters. The molecule has 0 aliphatic rings. The van der Waals surface area contributed by atoms with Gasteiger partial charge in [0.2, 0.25) is 5.91 Å². The van der Waals surface area contributed by atoms with E-state index in [-0.39, 0.29) is 25.0 Å². The Morgan fingerprint density at radius 1 is 1.04 bits per heavy atom. The predicted molar refractivity (Wildman–Crippen MR) is 104 cm³/mol. The van der Waals surface area contributed by atoms with E-state index < -0.39 is 0 Å². The summed E-state index contributed by atoms with van der Waals surface area (Å²) in [6.07, 6.45) is 0.521. The van der Waals surface area contributed by atoms with Gasteiger partial charge in [-0.05, 0) is 56.2 Å². The summed E-state index contributed by atoms with van der Waals surface area (Å²) in [6.45, 7) is 4.66. The second kappa shape index (κ2) is 9.58. The van der Waals surface area contributed by atoms with Gasteiger partial charge >= 0.3 is 0 Å². The third-order valence-corrected chi connectivity index (χ3v) is 3.87. The summed E-state index contributed by atoms with van der Waals surface area (Å²) in [7, 11) is 0. The van der Waals surface area contributed by atoms with Crippen molar-refractivity contribution in [1.29, 1.82) is 0 Å². The summed E-state index contributed by atoms with van der Waals surface area (Å²) in [5, 5.41) is 17.3. The Morgan fingerprint density at radius 2 is 1.77 bits per heavy atom. The first-order valence-electron chi connectivity index (χ1n) is 8.59. The second-order valence-electron chi connectivity index (χ2n) is 6.13. The number of rotatable bonds is 8. The zero-order valence-electron chi connectivity index (χ0n) is 15.1. The van der Waals surface area contributed by atoms with Crippen molar-refractivity contribution in [3.8, 4) is 0 Å². The monoisotopic (exact) mass is 355 g/mol. The molecule has 0 aromatic heterocycles. The summed E-state index contributed by atoms with van der Waals surface area (Å²) in [4.78, 5) is 24.0. The summed E-state index contributed by atoms with van der Waals surface area (Å²) in [6, 6.07) is 12.7. The van der Waals surface area contributed by atoms with E-state index in [1.54, 1.807) is 24.3 Å². The molecule has 0 heterocycles. The largest absolute Gasteiger partial charge is 0.396 e. The third kappa shape index (κ3) is 5.89. The lowest BCUT2D eigenvalue weighted by molar-refractivity contribution is -0.114. The highest BCUT2D eigenvalue weighted by atomic mass is 16.3. The van der Waals surface area contributed by atoms with Gasteiger partial charge in [-0.3, -0.25) is 9.59 Å². The number of aliphatic hydroxyl groups is 1. The summed E-state index contributed by atoms with van der Waals surface area (Å²) < 4.78 is 0. The molecule has 0 saturated carbocycles. The van der Waals surface area contributed by atoms with Crippen molar-refractivity contribution in [2.24, 2.45) is 0 Å². The molecule has 4 N–H and O–H groups in total. The average Bonchev–Trinajstić information content (AvgIpc) is 2.61. The fraction of sp³-hybridized carbons (Fsp3) is 0.300. The molecular formula is C20H25N3O3. The lowest BCUT2D eigenvalue weighted by Gasteiger charge is -2.11. The molecule has 2 rings (SSSR count). The maximum absolute atomic E-state index is 12.1. The van der Waals surface area contributed by atoms with Crippen molar-refractivity contribution >= 4 is 23.2 Å². The molecule has 0 radical (unpaired) electrons. The van der Waals surface area contributed by atoms with Crippen LogP contribution < -0.4 is 16.0 Å². The Bertz CT molecular complexity index is 757. The highest BCUT2D eigenvalue weighted by Gasteiger charge is 2.07. The lowest BCUT2D eigenvalue weighted by atomic mass is 10.1. The molecular weight excluding hydrogens is 330 g/mol. The van der Waals surface area contributed by atoms with Gasteiger partial charge in [0.15, 0.2) is 0 Å². The van der Waals surface area contributed by atoms with Gasteiger partial charge in [-0.25, -0.2) is 0 Å². The predicted octanol–water partition coefficient (Wildman–Crippen LogP) is 2.47. The van der Waals surface area contributed by atoms with Crippen LogP contribution in [0.25, 0.3) is 0 Å². The Balaban J connectivity index is 1.84. The SMILES string of the molecule is Cc1ccc(NCC(=O)Nc2ccc(C(=O)NCCCO)cc2)c(C)c1. The smallest absolute Gasteiger partial charge is 0.251 e. The van der Waals surface area contributed by atoms with Gasteiger partial charge in [0.05, 0.1) is 6.54 Å². The third-order valence-electron chi connectivity index (χ3n) is 3.87. The lowest BCUT2D eigenvalue weighted by Crippen LogP contribution is -2.25. The van der Waals surface area contributed by atoms with Crippen LogP contribution in [0, 0.1) is 13.8 Å². The van der Waals surface area contributed by atoms with Crippen molar-refractivity contribution in [2.75, 3.05) is 30.3 Å². The molecule has 0 saturated heterocycles. The van der Waals surface area contributed by atoms with Crippen LogP contribution in [0.4, 0.5) is 11.4 Å². The number of nitrogens with one attached hydrogen (secondary N) is 3. The molecule has 0 aliphatic heterocycles. The van der Waals surface area contributed by atoms with Crippen LogP contribution in [0.2, 0.25) is 0 Å². The molecule has 0 spiro atoms. The maximum atomic E-state index is 12.1. The zero-order chi connectivity index (χ0) is 18.9. The molecule has 0 aliphatic carbocycles. The van der Waals surface area contributed by atoms with Crippen molar-refractivity contribution in [3.63, 3.8) is 0 Å². The molecule has 2 aromatic rings. The normalized spacial score (nSPS) is 10.3. The van der Waals surface area contributed by atoms with Gasteiger partial charge < -0.3 is 21.1 Å². The highest BCUT2D eigenvalue weighted by Crippen LogP contribution is 2.16. The van der Waals surface area contributed by atoms with E-state index in [4.69, 9.17) is 5.11 Å². The Kier molecular flexibility index (Phi) is 7.17. The standard InChI is InChI=1S/C20H25N3O3/c1-14-4-9-18(15(2)12-14)22-13-19(25)23-17-7-5-16(6-8-17)20(26)21-10-3-11-24/h4-9,12,22,24H,3,10-11,13H2,1-2H3,(H,21,26)(H,23,25). The first kappa shape index (κ1) is 19.5. The topological polar surface area (TPSA) is 90.5 Å². The van der Waals surface area contributed by atoms with Crippen LogP contribution in [-0.4, -0.2) is 36.6 Å². The Morgan fingerprint density at radius 3 is 2.42 bits per heavy atom. The van der Waals surface area contributed by atoms with E-state index in [0.29, 0.717) is 24.2 Å². The number of anilines is 2. The molecule has 6 heteroatoms. The van der Waals surface area contributed by atoms with Gasteiger partial charge in [0, 0.05) is 30.1 Å². The second-order valence-corrected chi connectivity index (χ2v) is 6.13. The number of carbonyl (C=O) groups is 2. The Hall–Kier alpha value is -2.86. The van der Waals surface area contributed by atoms with Crippen molar-refractivity contribution in [3.05, 3.63) is 59.2 Å². The minimum atomic E-state index is -0.201. The van der Waals surface area contributed by atoms with Crippen LogP contribution in [0.3, 0.4) is 0 Å². The van der Waals surface area contributed by atoms with Gasteiger partial charge in [0.25, 0.3) is 5.91 Å². The number of hydrogen-bond acceptors (Lipinski definition) is 4. The van der Waals surface area contributed by atoms with Crippen LogP contribution in [0.5, 0.6) is 0 Å². The minimum absolute atomic E-state index is 0.0431. The van der Waals surface area contributed by atoms with E-state index in [0.717, 1.165) is 11.3 Å². The van der Waals surface area contributed by atoms with E-state index in [9.17, 15) is 9.59 Å². The van der Waals surface area contributed by atoms with Crippen LogP contribution in [0.15, 0.2) is 42.5 Å². The van der Waals surface area contributed by atoms with E-state index >= 15 is 0 Å². The van der Waals surface area contributed by atoms with Crippen molar-refractivity contribution in [1.82, 2.24) is 5.32 Å². The Labute approximate surface area is 153 Å². The molecule has 138 valence electrons. The fourth-order valence-electron chi connectivity index (χ4n) is 2.48. The van der Waals surface area contributed by atoms with Crippen LogP contribution in [-0.2, 0) is 4.79 Å². The quantitative estimate of drug-likeness (QED) is 0.548. The number of benzene rings is 2. The molecule has 0 bridgehead atoms. The van der Waals surface area contributed by atoms with E-state index in [1.807, 2.05) is 26.0 Å². The van der Waals surface area contributed by atoms with Gasteiger partial charge in [-0.1, -0.05) is 17.7 Å². The summed E-state index contributed by atoms with van der Waals surface area (Å²) in [5.74, 6) is -0.363. The van der Waals surface area contributed by atoms with Gasteiger partial charge in [0.1, 0.15) is 0 Å². The number of carbonyl (C=O) groups excluding carboxylic acids is 2. The maximum Gasteiger partial charge on any atom is 0.251 e. The number of aryl methyl sites for hydroxylation is 2. The molecule has 26 heavy (non-hydrogen) atoms. The summed E-state index contributed by atoms with van der Waals surface area (Å²) in [5.41, 5.74) is 4.34. The van der Waals surface area contributed by atoms with Crippen molar-refractivity contribution in [2.45, 2.75) is 20.3 Å². The van der Waals surface area contributed by atoms with Crippen LogP contribution in [0.1, 0.15) is 27.9 Å². The van der Waals surface area contributed by atoms with Gasteiger partial charge in [-0.2, -0.15) is 0 Å². The highest BCUT2D eigenvalue weighted by molar-refractivity contribution is 5.96. The first-order chi connectivity index (χ1) is 12.5.